The Labute approximate surface area is 183 Å². The first-order chi connectivity index (χ1) is 14.5. The number of carbonyl (C=O) groups is 1. The van der Waals surface area contributed by atoms with Crippen molar-refractivity contribution in [3.05, 3.63) is 58.6 Å². The highest BCUT2D eigenvalue weighted by molar-refractivity contribution is 9.10. The zero-order valence-electron chi connectivity index (χ0n) is 16.6. The molecule has 1 aliphatic heterocycles. The monoisotopic (exact) mass is 480 g/mol. The molecule has 1 aliphatic rings. The Morgan fingerprint density at radius 3 is 2.57 bits per heavy atom. The molecule has 1 amide bonds. The van der Waals surface area contributed by atoms with E-state index in [1.165, 1.54) is 18.2 Å². The first-order valence-corrected chi connectivity index (χ1v) is 10.5. The van der Waals surface area contributed by atoms with E-state index in [1.54, 1.807) is 17.0 Å². The maximum Gasteiger partial charge on any atom is 0.387 e. The molecule has 0 saturated carbocycles. The normalized spacial score (nSPS) is 14.4. The number of hydrogen-bond donors (Lipinski definition) is 0. The summed E-state index contributed by atoms with van der Waals surface area (Å²) in [7, 11) is 0. The number of piperazine rings is 1. The summed E-state index contributed by atoms with van der Waals surface area (Å²) in [6.45, 7) is 2.09. The lowest BCUT2D eigenvalue weighted by molar-refractivity contribution is -0.126. The van der Waals surface area contributed by atoms with Gasteiger partial charge in [0.1, 0.15) is 11.5 Å². The highest BCUT2D eigenvalue weighted by atomic mass is 79.9. The fourth-order valence-corrected chi connectivity index (χ4v) is 3.66. The summed E-state index contributed by atoms with van der Waals surface area (Å²) in [5.41, 5.74) is 1.42. The molecule has 8 heteroatoms. The number of benzene rings is 2. The lowest BCUT2D eigenvalue weighted by Gasteiger charge is -2.36. The highest BCUT2D eigenvalue weighted by Gasteiger charge is 2.22. The molecule has 0 atom stereocenters. The Kier molecular flexibility index (Phi) is 7.68. The first kappa shape index (κ1) is 22.1. The molecule has 0 unspecified atom stereocenters. The van der Waals surface area contributed by atoms with E-state index in [0.717, 1.165) is 11.4 Å². The molecule has 0 aliphatic carbocycles. The summed E-state index contributed by atoms with van der Waals surface area (Å²) in [6, 6.07) is 12.5. The smallest absolute Gasteiger partial charge is 0.387 e. The van der Waals surface area contributed by atoms with Crippen molar-refractivity contribution in [2.75, 3.05) is 37.7 Å². The highest BCUT2D eigenvalue weighted by Crippen LogP contribution is 2.29. The molecule has 30 heavy (non-hydrogen) atoms. The van der Waals surface area contributed by atoms with Crippen molar-refractivity contribution in [3.8, 4) is 11.5 Å². The van der Waals surface area contributed by atoms with E-state index in [9.17, 15) is 13.6 Å². The van der Waals surface area contributed by atoms with Crippen LogP contribution in [0.1, 0.15) is 12.5 Å². The van der Waals surface area contributed by atoms with Gasteiger partial charge in [0, 0.05) is 42.3 Å². The number of amides is 1. The largest absolute Gasteiger partial charge is 0.492 e. The molecule has 1 saturated heterocycles. The zero-order chi connectivity index (χ0) is 21.5. The van der Waals surface area contributed by atoms with Gasteiger partial charge < -0.3 is 19.3 Å². The quantitative estimate of drug-likeness (QED) is 0.533. The van der Waals surface area contributed by atoms with Crippen molar-refractivity contribution in [2.45, 2.75) is 13.5 Å². The van der Waals surface area contributed by atoms with E-state index in [-0.39, 0.29) is 11.7 Å². The standard InChI is InChI=1S/C22H23BrF2N2O3/c1-2-29-20-6-4-3-5-18(20)26-11-13-27(14-12-26)21(28)10-7-16-15-17(23)8-9-19(16)30-22(24)25/h3-10,15,22H,2,11-14H2,1H3/b10-7+. The Morgan fingerprint density at radius 1 is 1.13 bits per heavy atom. The van der Waals surface area contributed by atoms with Crippen molar-refractivity contribution >= 4 is 33.6 Å². The number of para-hydroxylation sites is 2. The molecule has 2 aromatic rings. The van der Waals surface area contributed by atoms with Crippen LogP contribution in [0.4, 0.5) is 14.5 Å². The summed E-state index contributed by atoms with van der Waals surface area (Å²) < 4.78 is 36.1. The van der Waals surface area contributed by atoms with Crippen LogP contribution in [0.2, 0.25) is 0 Å². The van der Waals surface area contributed by atoms with Gasteiger partial charge in [-0.15, -0.1) is 0 Å². The van der Waals surface area contributed by atoms with Gasteiger partial charge in [-0.2, -0.15) is 8.78 Å². The minimum Gasteiger partial charge on any atom is -0.492 e. The third kappa shape index (κ3) is 5.72. The molecular weight excluding hydrogens is 458 g/mol. The third-order valence-corrected chi connectivity index (χ3v) is 5.18. The predicted molar refractivity (Wildman–Crippen MR) is 116 cm³/mol. The molecule has 3 rings (SSSR count). The summed E-state index contributed by atoms with van der Waals surface area (Å²) in [5.74, 6) is 0.686. The van der Waals surface area contributed by atoms with Crippen molar-refractivity contribution in [3.63, 3.8) is 0 Å². The SMILES string of the molecule is CCOc1ccccc1N1CCN(C(=O)/C=C/c2cc(Br)ccc2OC(F)F)CC1. The number of alkyl halides is 2. The minimum absolute atomic E-state index is 0.0228. The van der Waals surface area contributed by atoms with Crippen molar-refractivity contribution in [1.82, 2.24) is 4.90 Å². The van der Waals surface area contributed by atoms with Crippen LogP contribution in [0.25, 0.3) is 6.08 Å². The molecule has 0 bridgehead atoms. The number of anilines is 1. The summed E-state index contributed by atoms with van der Waals surface area (Å²) in [4.78, 5) is 16.5. The van der Waals surface area contributed by atoms with Gasteiger partial charge >= 0.3 is 6.61 Å². The Morgan fingerprint density at radius 2 is 1.87 bits per heavy atom. The number of rotatable bonds is 7. The van der Waals surface area contributed by atoms with E-state index in [1.807, 2.05) is 31.2 Å². The molecule has 2 aromatic carbocycles. The lowest BCUT2D eigenvalue weighted by Crippen LogP contribution is -2.48. The van der Waals surface area contributed by atoms with Gasteiger partial charge in [-0.3, -0.25) is 4.79 Å². The Bertz CT molecular complexity index is 900. The molecule has 0 radical (unpaired) electrons. The number of carbonyl (C=O) groups excluding carboxylic acids is 1. The maximum absolute atomic E-state index is 12.6. The minimum atomic E-state index is -2.93. The average molecular weight is 481 g/mol. The van der Waals surface area contributed by atoms with Crippen LogP contribution in [0.3, 0.4) is 0 Å². The topological polar surface area (TPSA) is 42.0 Å². The second-order valence-corrected chi connectivity index (χ2v) is 7.52. The van der Waals surface area contributed by atoms with Gasteiger partial charge in [-0.05, 0) is 43.3 Å². The summed E-state index contributed by atoms with van der Waals surface area (Å²) >= 11 is 3.30. The van der Waals surface area contributed by atoms with E-state index >= 15 is 0 Å². The molecule has 1 heterocycles. The zero-order valence-corrected chi connectivity index (χ0v) is 18.1. The Hall–Kier alpha value is -2.61. The molecular formula is C22H23BrF2N2O3. The number of ether oxygens (including phenoxy) is 2. The molecule has 0 aromatic heterocycles. The lowest BCUT2D eigenvalue weighted by atomic mass is 10.1. The van der Waals surface area contributed by atoms with E-state index in [0.29, 0.717) is 42.8 Å². The number of halogens is 3. The van der Waals surface area contributed by atoms with Crippen molar-refractivity contribution in [2.24, 2.45) is 0 Å². The van der Waals surface area contributed by atoms with Crippen LogP contribution in [0, 0.1) is 0 Å². The fraction of sp³-hybridized carbons (Fsp3) is 0.318. The number of nitrogens with zero attached hydrogens (tertiary/aromatic N) is 2. The van der Waals surface area contributed by atoms with Crippen molar-refractivity contribution < 1.29 is 23.0 Å². The maximum atomic E-state index is 12.6. The number of hydrogen-bond acceptors (Lipinski definition) is 4. The summed E-state index contributed by atoms with van der Waals surface area (Å²) in [6.07, 6.45) is 2.89. The molecule has 160 valence electrons. The molecule has 0 spiro atoms. The van der Waals surface area contributed by atoms with Gasteiger partial charge in [0.2, 0.25) is 5.91 Å². The van der Waals surface area contributed by atoms with Crippen LogP contribution in [-0.2, 0) is 4.79 Å². The average Bonchev–Trinajstić information content (AvgIpc) is 2.74. The third-order valence-electron chi connectivity index (χ3n) is 4.69. The van der Waals surface area contributed by atoms with Crippen LogP contribution < -0.4 is 14.4 Å². The van der Waals surface area contributed by atoms with Gasteiger partial charge in [-0.25, -0.2) is 0 Å². The summed E-state index contributed by atoms with van der Waals surface area (Å²) in [5, 5.41) is 0. The molecule has 5 nitrogen and oxygen atoms in total. The Balaban J connectivity index is 1.63. The van der Waals surface area contributed by atoms with Crippen LogP contribution in [0.5, 0.6) is 11.5 Å². The van der Waals surface area contributed by atoms with Crippen LogP contribution >= 0.6 is 15.9 Å². The van der Waals surface area contributed by atoms with Gasteiger partial charge in [0.05, 0.1) is 12.3 Å². The second-order valence-electron chi connectivity index (χ2n) is 6.61. The van der Waals surface area contributed by atoms with E-state index in [2.05, 4.69) is 25.6 Å². The van der Waals surface area contributed by atoms with Gasteiger partial charge in [-0.1, -0.05) is 28.1 Å². The van der Waals surface area contributed by atoms with E-state index < -0.39 is 6.61 Å². The molecule has 1 fully saturated rings. The predicted octanol–water partition coefficient (Wildman–Crippen LogP) is 4.81. The van der Waals surface area contributed by atoms with Crippen LogP contribution in [0.15, 0.2) is 53.0 Å². The van der Waals surface area contributed by atoms with E-state index in [4.69, 9.17) is 4.74 Å². The van der Waals surface area contributed by atoms with Gasteiger partial charge in [0.15, 0.2) is 0 Å². The first-order valence-electron chi connectivity index (χ1n) is 9.66. The fourth-order valence-electron chi connectivity index (χ4n) is 3.28. The molecule has 0 N–H and O–H groups in total. The second kappa shape index (κ2) is 10.4. The van der Waals surface area contributed by atoms with Crippen LogP contribution in [-0.4, -0.2) is 50.2 Å². The van der Waals surface area contributed by atoms with Crippen molar-refractivity contribution in [1.29, 1.82) is 0 Å². The van der Waals surface area contributed by atoms with Gasteiger partial charge in [0.25, 0.3) is 0 Å².